The van der Waals surface area contributed by atoms with E-state index < -0.39 is 11.0 Å². The number of nitro benzene ring substituents is 1. The average Bonchev–Trinajstić information content (AvgIpc) is 2.28. The lowest BCUT2D eigenvalue weighted by atomic mass is 10.1. The van der Waals surface area contributed by atoms with Crippen molar-refractivity contribution in [1.29, 1.82) is 0 Å². The Morgan fingerprint density at radius 2 is 2.29 bits per heavy atom. The fourth-order valence-electron chi connectivity index (χ4n) is 1.39. The summed E-state index contributed by atoms with van der Waals surface area (Å²) in [7, 11) is 0. The number of halogens is 1. The van der Waals surface area contributed by atoms with Crippen molar-refractivity contribution in [3.8, 4) is 0 Å². The highest BCUT2D eigenvalue weighted by Crippen LogP contribution is 2.22. The molecule has 0 amide bonds. The van der Waals surface area contributed by atoms with Gasteiger partial charge in [-0.1, -0.05) is 22.9 Å². The lowest BCUT2D eigenvalue weighted by molar-refractivity contribution is -0.385. The Labute approximate surface area is 108 Å². The predicted molar refractivity (Wildman–Crippen MR) is 68.8 cm³/mol. The molecular formula is C11H15BrN2O3. The van der Waals surface area contributed by atoms with E-state index in [2.05, 4.69) is 21.2 Å². The highest BCUT2D eigenvalue weighted by molar-refractivity contribution is 9.10. The molecule has 0 aromatic heterocycles. The van der Waals surface area contributed by atoms with Gasteiger partial charge in [0.05, 0.1) is 11.0 Å². The Kier molecular flexibility index (Phi) is 5.54. The van der Waals surface area contributed by atoms with E-state index in [0.717, 1.165) is 4.47 Å². The van der Waals surface area contributed by atoms with Gasteiger partial charge in [0, 0.05) is 29.2 Å². The molecule has 0 aliphatic carbocycles. The van der Waals surface area contributed by atoms with Crippen molar-refractivity contribution in [1.82, 2.24) is 5.32 Å². The molecule has 2 N–H and O–H groups in total. The summed E-state index contributed by atoms with van der Waals surface area (Å²) in [5, 5.41) is 23.2. The van der Waals surface area contributed by atoms with Crippen LogP contribution in [-0.2, 0) is 6.54 Å². The first-order chi connectivity index (χ1) is 8.04. The summed E-state index contributed by atoms with van der Waals surface area (Å²) in [6, 6.07) is 4.82. The second-order valence-electron chi connectivity index (χ2n) is 3.72. The van der Waals surface area contributed by atoms with E-state index in [0.29, 0.717) is 25.1 Å². The molecule has 5 nitrogen and oxygen atoms in total. The molecular weight excluding hydrogens is 288 g/mol. The average molecular weight is 303 g/mol. The number of benzene rings is 1. The van der Waals surface area contributed by atoms with Crippen molar-refractivity contribution in [2.24, 2.45) is 0 Å². The third kappa shape index (κ3) is 4.41. The zero-order valence-electron chi connectivity index (χ0n) is 9.52. The van der Waals surface area contributed by atoms with Crippen LogP contribution in [0.4, 0.5) is 5.69 Å². The van der Waals surface area contributed by atoms with Gasteiger partial charge in [-0.2, -0.15) is 0 Å². The van der Waals surface area contributed by atoms with Gasteiger partial charge in [0.15, 0.2) is 0 Å². The molecule has 0 bridgehead atoms. The second kappa shape index (κ2) is 6.68. The van der Waals surface area contributed by atoms with Gasteiger partial charge in [-0.05, 0) is 18.6 Å². The zero-order valence-corrected chi connectivity index (χ0v) is 11.1. The molecule has 0 heterocycles. The van der Waals surface area contributed by atoms with E-state index in [1.165, 1.54) is 6.07 Å². The Morgan fingerprint density at radius 1 is 1.59 bits per heavy atom. The van der Waals surface area contributed by atoms with Gasteiger partial charge in [-0.25, -0.2) is 0 Å². The van der Waals surface area contributed by atoms with E-state index in [-0.39, 0.29) is 5.69 Å². The second-order valence-corrected chi connectivity index (χ2v) is 4.64. The Bertz CT molecular complexity index is 398. The van der Waals surface area contributed by atoms with Crippen molar-refractivity contribution in [3.05, 3.63) is 38.3 Å². The van der Waals surface area contributed by atoms with Crippen LogP contribution in [0.2, 0.25) is 0 Å². The van der Waals surface area contributed by atoms with Crippen LogP contribution < -0.4 is 5.32 Å². The molecule has 17 heavy (non-hydrogen) atoms. The van der Waals surface area contributed by atoms with Crippen molar-refractivity contribution in [2.75, 3.05) is 6.54 Å². The third-order valence-electron chi connectivity index (χ3n) is 2.40. The number of hydrogen-bond acceptors (Lipinski definition) is 4. The van der Waals surface area contributed by atoms with E-state index in [9.17, 15) is 15.2 Å². The van der Waals surface area contributed by atoms with E-state index in [1.54, 1.807) is 12.1 Å². The van der Waals surface area contributed by atoms with Gasteiger partial charge in [-0.15, -0.1) is 0 Å². The first kappa shape index (κ1) is 14.1. The lowest BCUT2D eigenvalue weighted by Crippen LogP contribution is -2.25. The van der Waals surface area contributed by atoms with E-state index in [4.69, 9.17) is 0 Å². The summed E-state index contributed by atoms with van der Waals surface area (Å²) >= 11 is 3.28. The van der Waals surface area contributed by atoms with Gasteiger partial charge in [0.1, 0.15) is 0 Å². The number of aliphatic hydroxyl groups is 1. The number of rotatable bonds is 6. The largest absolute Gasteiger partial charge is 0.392 e. The monoisotopic (exact) mass is 302 g/mol. The molecule has 0 radical (unpaired) electrons. The number of nitrogens with zero attached hydrogens (tertiary/aromatic N) is 1. The van der Waals surface area contributed by atoms with Crippen LogP contribution in [0.3, 0.4) is 0 Å². The first-order valence-corrected chi connectivity index (χ1v) is 6.15. The fourth-order valence-corrected chi connectivity index (χ4v) is 1.80. The van der Waals surface area contributed by atoms with Crippen molar-refractivity contribution >= 4 is 21.6 Å². The van der Waals surface area contributed by atoms with Crippen LogP contribution in [0.15, 0.2) is 22.7 Å². The minimum Gasteiger partial charge on any atom is -0.392 e. The van der Waals surface area contributed by atoms with Gasteiger partial charge in [0.2, 0.25) is 0 Å². The van der Waals surface area contributed by atoms with Gasteiger partial charge in [0.25, 0.3) is 5.69 Å². The maximum atomic E-state index is 10.8. The molecule has 0 saturated carbocycles. The number of nitrogens with one attached hydrogen (secondary N) is 1. The summed E-state index contributed by atoms with van der Waals surface area (Å²) in [5.41, 5.74) is 0.694. The minimum atomic E-state index is -0.416. The zero-order chi connectivity index (χ0) is 12.8. The predicted octanol–water partition coefficient (Wildman–Crippen LogP) is 2.22. The van der Waals surface area contributed by atoms with Crippen LogP contribution >= 0.6 is 15.9 Å². The molecule has 1 unspecified atom stereocenters. The molecule has 0 aliphatic rings. The van der Waals surface area contributed by atoms with Crippen LogP contribution in [0.5, 0.6) is 0 Å². The summed E-state index contributed by atoms with van der Waals surface area (Å²) in [6.07, 6.45) is 0.245. The van der Waals surface area contributed by atoms with Crippen LogP contribution in [0.25, 0.3) is 0 Å². The molecule has 0 saturated heterocycles. The summed E-state index contributed by atoms with van der Waals surface area (Å²) in [4.78, 5) is 10.4. The molecule has 94 valence electrons. The topological polar surface area (TPSA) is 75.4 Å². The molecule has 0 aliphatic heterocycles. The third-order valence-corrected chi connectivity index (χ3v) is 2.90. The van der Waals surface area contributed by atoms with Crippen LogP contribution in [-0.4, -0.2) is 22.7 Å². The molecule has 6 heteroatoms. The van der Waals surface area contributed by atoms with Crippen molar-refractivity contribution in [3.63, 3.8) is 0 Å². The maximum Gasteiger partial charge on any atom is 0.273 e. The van der Waals surface area contributed by atoms with Crippen molar-refractivity contribution < 1.29 is 10.0 Å². The molecule has 0 fully saturated rings. The minimum absolute atomic E-state index is 0.0895. The first-order valence-electron chi connectivity index (χ1n) is 5.36. The molecule has 1 aromatic carbocycles. The molecule has 1 atom stereocenters. The fraction of sp³-hybridized carbons (Fsp3) is 0.455. The van der Waals surface area contributed by atoms with E-state index in [1.807, 2.05) is 6.92 Å². The summed E-state index contributed by atoms with van der Waals surface area (Å²) in [6.45, 7) is 2.68. The van der Waals surface area contributed by atoms with E-state index >= 15 is 0 Å². The number of hydrogen-bond donors (Lipinski definition) is 2. The Balaban J connectivity index is 2.68. The molecule has 0 spiro atoms. The molecule has 1 rings (SSSR count). The summed E-state index contributed by atoms with van der Waals surface area (Å²) < 4.78 is 0.802. The van der Waals surface area contributed by atoms with Crippen LogP contribution in [0.1, 0.15) is 18.9 Å². The van der Waals surface area contributed by atoms with Gasteiger partial charge >= 0.3 is 0 Å². The van der Waals surface area contributed by atoms with Crippen molar-refractivity contribution in [2.45, 2.75) is 26.0 Å². The summed E-state index contributed by atoms with van der Waals surface area (Å²) in [5.74, 6) is 0. The quantitative estimate of drug-likeness (QED) is 0.624. The Morgan fingerprint density at radius 3 is 2.88 bits per heavy atom. The van der Waals surface area contributed by atoms with Crippen LogP contribution in [0, 0.1) is 10.1 Å². The Hall–Kier alpha value is -0.980. The SMILES string of the molecule is CCC(O)CNCc1cc(Br)ccc1[N+](=O)[O-]. The lowest BCUT2D eigenvalue weighted by Gasteiger charge is -2.09. The maximum absolute atomic E-state index is 10.8. The smallest absolute Gasteiger partial charge is 0.273 e. The van der Waals surface area contributed by atoms with Gasteiger partial charge < -0.3 is 10.4 Å². The highest BCUT2D eigenvalue weighted by Gasteiger charge is 2.13. The molecule has 1 aromatic rings. The number of nitro groups is 1. The number of aliphatic hydroxyl groups excluding tert-OH is 1. The van der Waals surface area contributed by atoms with Gasteiger partial charge in [-0.3, -0.25) is 10.1 Å². The highest BCUT2D eigenvalue weighted by atomic mass is 79.9. The standard InChI is InChI=1S/C11H15BrN2O3/c1-2-10(15)7-13-6-8-5-9(12)3-4-11(8)14(16)17/h3-5,10,13,15H,2,6-7H2,1H3. The normalized spacial score (nSPS) is 12.4.